The maximum Gasteiger partial charge on any atom is 0.242 e. The van der Waals surface area contributed by atoms with Gasteiger partial charge in [0.05, 0.1) is 11.1 Å². The van der Waals surface area contributed by atoms with Gasteiger partial charge < -0.3 is 4.90 Å². The van der Waals surface area contributed by atoms with Crippen LogP contribution in [0.5, 0.6) is 0 Å². The minimum Gasteiger partial charge on any atom is -0.339 e. The Labute approximate surface area is 159 Å². The number of hydrogen-bond acceptors (Lipinski definition) is 3. The smallest absolute Gasteiger partial charge is 0.242 e. The highest BCUT2D eigenvalue weighted by Gasteiger charge is 2.28. The van der Waals surface area contributed by atoms with Gasteiger partial charge in [-0.25, -0.2) is 13.1 Å². The van der Waals surface area contributed by atoms with Gasteiger partial charge in [-0.3, -0.25) is 4.79 Å². The molecule has 138 valence electrons. The van der Waals surface area contributed by atoms with Crippen LogP contribution in [-0.2, 0) is 21.2 Å². The molecule has 0 saturated heterocycles. The fourth-order valence-corrected chi connectivity index (χ4v) is 4.87. The van der Waals surface area contributed by atoms with Crippen molar-refractivity contribution < 1.29 is 13.2 Å². The van der Waals surface area contributed by atoms with Crippen LogP contribution in [0.1, 0.15) is 30.0 Å². The SMILES string of the molecule is CN(C(=O)CCNS(=O)(=O)c1ccccc1Cl)C1CCc2ccccc21. The standard InChI is InChI=1S/C19H21ClN2O3S/c1-22(17-11-10-14-6-2-3-7-15(14)17)19(23)12-13-21-26(24,25)18-9-5-4-8-16(18)20/h2-9,17,21H,10-13H2,1H3. The second-order valence-electron chi connectivity index (χ2n) is 6.34. The third-order valence-corrected chi connectivity index (χ3v) is 6.68. The van der Waals surface area contributed by atoms with Gasteiger partial charge in [-0.15, -0.1) is 0 Å². The summed E-state index contributed by atoms with van der Waals surface area (Å²) in [5.74, 6) is -0.0893. The van der Waals surface area contributed by atoms with E-state index in [1.54, 1.807) is 24.1 Å². The Morgan fingerprint density at radius 1 is 1.19 bits per heavy atom. The average molecular weight is 393 g/mol. The van der Waals surface area contributed by atoms with E-state index in [9.17, 15) is 13.2 Å². The van der Waals surface area contributed by atoms with Crippen molar-refractivity contribution in [1.29, 1.82) is 0 Å². The third kappa shape index (κ3) is 3.92. The van der Waals surface area contributed by atoms with Crippen molar-refractivity contribution in [2.45, 2.75) is 30.2 Å². The van der Waals surface area contributed by atoms with Crippen LogP contribution in [0.4, 0.5) is 0 Å². The van der Waals surface area contributed by atoms with E-state index in [2.05, 4.69) is 16.9 Å². The molecule has 0 saturated carbocycles. The Bertz CT molecular complexity index is 915. The number of halogens is 1. The van der Waals surface area contributed by atoms with Crippen molar-refractivity contribution in [3.63, 3.8) is 0 Å². The van der Waals surface area contributed by atoms with E-state index in [0.29, 0.717) is 0 Å². The highest BCUT2D eigenvalue weighted by Crippen LogP contribution is 2.34. The van der Waals surface area contributed by atoms with Gasteiger partial charge in [-0.1, -0.05) is 48.0 Å². The number of carbonyl (C=O) groups is 1. The first-order valence-corrected chi connectivity index (χ1v) is 10.3. The zero-order valence-electron chi connectivity index (χ0n) is 14.5. The molecule has 0 aliphatic heterocycles. The molecule has 1 amide bonds. The molecule has 0 spiro atoms. The van der Waals surface area contributed by atoms with Crippen LogP contribution in [-0.4, -0.2) is 32.8 Å². The highest BCUT2D eigenvalue weighted by atomic mass is 35.5. The second-order valence-corrected chi connectivity index (χ2v) is 8.48. The summed E-state index contributed by atoms with van der Waals surface area (Å²) >= 11 is 5.94. The van der Waals surface area contributed by atoms with E-state index < -0.39 is 10.0 Å². The lowest BCUT2D eigenvalue weighted by atomic mass is 10.1. The maximum atomic E-state index is 12.5. The summed E-state index contributed by atoms with van der Waals surface area (Å²) in [5.41, 5.74) is 2.46. The molecule has 1 aliphatic carbocycles. The number of aryl methyl sites for hydroxylation is 1. The van der Waals surface area contributed by atoms with E-state index in [1.807, 2.05) is 12.1 Å². The number of benzene rings is 2. The summed E-state index contributed by atoms with van der Waals surface area (Å²) < 4.78 is 27.1. The van der Waals surface area contributed by atoms with Crippen molar-refractivity contribution >= 4 is 27.5 Å². The van der Waals surface area contributed by atoms with Crippen LogP contribution in [0.25, 0.3) is 0 Å². The van der Waals surface area contributed by atoms with E-state index >= 15 is 0 Å². The van der Waals surface area contributed by atoms with Crippen LogP contribution in [0, 0.1) is 0 Å². The first-order chi connectivity index (χ1) is 12.4. The molecule has 1 unspecified atom stereocenters. The first kappa shape index (κ1) is 18.9. The molecule has 0 aromatic heterocycles. The zero-order valence-corrected chi connectivity index (χ0v) is 16.1. The lowest BCUT2D eigenvalue weighted by molar-refractivity contribution is -0.131. The molecule has 26 heavy (non-hydrogen) atoms. The van der Waals surface area contributed by atoms with E-state index in [-0.39, 0.29) is 34.8 Å². The zero-order chi connectivity index (χ0) is 18.7. The van der Waals surface area contributed by atoms with Crippen molar-refractivity contribution in [2.24, 2.45) is 0 Å². The third-order valence-electron chi connectivity index (χ3n) is 4.72. The molecule has 0 fully saturated rings. The number of hydrogen-bond donors (Lipinski definition) is 1. The number of carbonyl (C=O) groups excluding carboxylic acids is 1. The quantitative estimate of drug-likeness (QED) is 0.821. The molecule has 2 aromatic rings. The first-order valence-electron chi connectivity index (χ1n) is 8.48. The Morgan fingerprint density at radius 2 is 1.88 bits per heavy atom. The Morgan fingerprint density at radius 3 is 2.65 bits per heavy atom. The number of nitrogens with one attached hydrogen (secondary N) is 1. The summed E-state index contributed by atoms with van der Waals surface area (Å²) in [7, 11) is -1.96. The Balaban J connectivity index is 1.59. The molecule has 5 nitrogen and oxygen atoms in total. The molecule has 1 N–H and O–H groups in total. The summed E-state index contributed by atoms with van der Waals surface area (Å²) in [4.78, 5) is 14.2. The normalized spacial score (nSPS) is 16.3. The van der Waals surface area contributed by atoms with Gasteiger partial charge in [0.1, 0.15) is 4.90 Å². The molecule has 2 aromatic carbocycles. The second kappa shape index (κ2) is 7.78. The maximum absolute atomic E-state index is 12.5. The fraction of sp³-hybridized carbons (Fsp3) is 0.316. The molecule has 0 bridgehead atoms. The molecule has 3 rings (SSSR count). The Kier molecular flexibility index (Phi) is 5.65. The fourth-order valence-electron chi connectivity index (χ4n) is 3.32. The summed E-state index contributed by atoms with van der Waals surface area (Å²) in [6.07, 6.45) is 1.95. The number of amides is 1. The predicted molar refractivity (Wildman–Crippen MR) is 102 cm³/mol. The topological polar surface area (TPSA) is 66.5 Å². The predicted octanol–water partition coefficient (Wildman–Crippen LogP) is 3.15. The number of fused-ring (bicyclic) bond motifs is 1. The van der Waals surface area contributed by atoms with Gasteiger partial charge >= 0.3 is 0 Å². The molecule has 0 radical (unpaired) electrons. The molecule has 1 aliphatic rings. The van der Waals surface area contributed by atoms with Crippen LogP contribution in [0.15, 0.2) is 53.4 Å². The van der Waals surface area contributed by atoms with E-state index in [0.717, 1.165) is 12.8 Å². The molecule has 0 heterocycles. The van der Waals surface area contributed by atoms with Crippen molar-refractivity contribution in [1.82, 2.24) is 9.62 Å². The van der Waals surface area contributed by atoms with Crippen molar-refractivity contribution in [3.05, 3.63) is 64.7 Å². The summed E-state index contributed by atoms with van der Waals surface area (Å²) in [6, 6.07) is 14.4. The molecule has 1 atom stereocenters. The van der Waals surface area contributed by atoms with E-state index in [4.69, 9.17) is 11.6 Å². The minimum absolute atomic E-state index is 0.0205. The van der Waals surface area contributed by atoms with Crippen LogP contribution in [0.2, 0.25) is 5.02 Å². The van der Waals surface area contributed by atoms with Crippen LogP contribution < -0.4 is 4.72 Å². The lowest BCUT2D eigenvalue weighted by Gasteiger charge is -2.25. The molecule has 7 heteroatoms. The van der Waals surface area contributed by atoms with Gasteiger partial charge in [0, 0.05) is 20.0 Å². The average Bonchev–Trinajstić information content (AvgIpc) is 3.05. The Hall–Kier alpha value is -1.89. The largest absolute Gasteiger partial charge is 0.339 e. The monoisotopic (exact) mass is 392 g/mol. The van der Waals surface area contributed by atoms with Gasteiger partial charge in [0.2, 0.25) is 15.9 Å². The number of nitrogens with zero attached hydrogens (tertiary/aromatic N) is 1. The van der Waals surface area contributed by atoms with Gasteiger partial charge in [0.15, 0.2) is 0 Å². The van der Waals surface area contributed by atoms with Gasteiger partial charge in [-0.05, 0) is 36.1 Å². The summed E-state index contributed by atoms with van der Waals surface area (Å²) in [6.45, 7) is 0.0328. The van der Waals surface area contributed by atoms with Crippen LogP contribution in [0.3, 0.4) is 0 Å². The molecular weight excluding hydrogens is 372 g/mol. The highest BCUT2D eigenvalue weighted by molar-refractivity contribution is 7.89. The van der Waals surface area contributed by atoms with Crippen molar-refractivity contribution in [3.8, 4) is 0 Å². The van der Waals surface area contributed by atoms with Gasteiger partial charge in [0.25, 0.3) is 0 Å². The summed E-state index contributed by atoms with van der Waals surface area (Å²) in [5, 5.41) is 0.158. The minimum atomic E-state index is -3.73. The van der Waals surface area contributed by atoms with Crippen LogP contribution >= 0.6 is 11.6 Å². The molecular formula is C19H21ClN2O3S. The lowest BCUT2D eigenvalue weighted by Crippen LogP contribution is -2.34. The van der Waals surface area contributed by atoms with Gasteiger partial charge in [-0.2, -0.15) is 0 Å². The van der Waals surface area contributed by atoms with E-state index in [1.165, 1.54) is 23.3 Å². The van der Waals surface area contributed by atoms with Crippen molar-refractivity contribution in [2.75, 3.05) is 13.6 Å². The number of sulfonamides is 1. The number of rotatable bonds is 6.